The van der Waals surface area contributed by atoms with Crippen LogP contribution in [0, 0.1) is 107 Å². The zero-order valence-corrected chi connectivity index (χ0v) is 30.8. The summed E-state index contributed by atoms with van der Waals surface area (Å²) in [5.74, 6) is -7.45. The van der Waals surface area contributed by atoms with E-state index < -0.39 is 59.7 Å². The SMILES string of the molecule is C.C.C.C.C.C.O=C1OC(=O)C2C(CC3CC4C(=O)OC(=O)C34)CC12.O=C1OC(=O)C2C(CC3CC4C(=O)OC(=O)C34)CC12.O=C1OC(=O)C2C(CCC3CC4C(=O)OC(=O)C34)CC12. The number of fused-ring (bicyclic) bond motifs is 6. The third kappa shape index (κ3) is 7.69. The molecular weight excluding hydrogens is 840 g/mol. The number of hydrogen-bond acceptors (Lipinski definition) is 18. The molecule has 18 heteroatoms. The van der Waals surface area contributed by atoms with Crippen molar-refractivity contribution in [3.05, 3.63) is 0 Å². The van der Waals surface area contributed by atoms with Crippen molar-refractivity contribution in [1.82, 2.24) is 0 Å². The van der Waals surface area contributed by atoms with Gasteiger partial charge in [-0.25, -0.2) is 0 Å². The molecular formula is C46H62O18. The number of carbonyl (C=O) groups is 12. The first-order valence-corrected chi connectivity index (χ1v) is 20.2. The predicted octanol–water partition coefficient (Wildman–Crippen LogP) is 4.35. The number of cyclic esters (lactones) is 12. The number of rotatable bonds is 7. The van der Waals surface area contributed by atoms with Gasteiger partial charge < -0.3 is 28.4 Å². The standard InChI is InChI=1S/C14H14O6.2C13H12O6.6CH4/c15-11-7-3-5(9(7)13(17)19-11)1-2-6-4-8-10(6)14(18)20-12(8)16;2*14-10-6-2-4(8(6)12(16)18-10)1-5-3-7-9(5)13(17)19-11(7)15;;;;;;/h5-10H,1-4H2;2*4-9H,1-3H2;6*1H4. The van der Waals surface area contributed by atoms with Crippen molar-refractivity contribution in [1.29, 1.82) is 0 Å². The van der Waals surface area contributed by atoms with Gasteiger partial charge in [0.1, 0.15) is 0 Å². The molecule has 18 atom stereocenters. The van der Waals surface area contributed by atoms with Gasteiger partial charge in [0, 0.05) is 0 Å². The summed E-state index contributed by atoms with van der Waals surface area (Å²) in [5, 5.41) is 0. The van der Waals surface area contributed by atoms with Gasteiger partial charge in [-0.15, -0.1) is 0 Å². The van der Waals surface area contributed by atoms with Crippen LogP contribution >= 0.6 is 0 Å². The summed E-state index contributed by atoms with van der Waals surface area (Å²) in [5.41, 5.74) is 0. The maximum Gasteiger partial charge on any atom is 0.317 e. The molecule has 12 aliphatic rings. The molecule has 0 aromatic carbocycles. The molecule has 0 N–H and O–H groups in total. The van der Waals surface area contributed by atoms with Crippen molar-refractivity contribution in [2.45, 2.75) is 109 Å². The first-order chi connectivity index (χ1) is 27.7. The molecule has 0 aromatic rings. The molecule has 18 unspecified atom stereocenters. The molecule has 0 radical (unpaired) electrons. The minimum absolute atomic E-state index is 0. The second-order valence-electron chi connectivity index (χ2n) is 18.3. The highest BCUT2D eigenvalue weighted by Crippen LogP contribution is 2.57. The molecule has 6 saturated carbocycles. The summed E-state index contributed by atoms with van der Waals surface area (Å²) in [6.07, 6.45) is 7.06. The quantitative estimate of drug-likeness (QED) is 0.195. The van der Waals surface area contributed by atoms with Gasteiger partial charge in [0.15, 0.2) is 0 Å². The molecule has 64 heavy (non-hydrogen) atoms. The summed E-state index contributed by atoms with van der Waals surface area (Å²) in [4.78, 5) is 137. The van der Waals surface area contributed by atoms with Gasteiger partial charge in [0.05, 0.1) is 71.0 Å². The molecule has 6 heterocycles. The lowest BCUT2D eigenvalue weighted by atomic mass is 9.57. The zero-order valence-electron chi connectivity index (χ0n) is 30.8. The Balaban J connectivity index is 0.000000201. The first-order valence-electron chi connectivity index (χ1n) is 20.2. The minimum Gasteiger partial charge on any atom is -0.393 e. The fourth-order valence-corrected chi connectivity index (χ4v) is 12.3. The Bertz CT molecular complexity index is 1800. The van der Waals surface area contributed by atoms with Crippen LogP contribution in [-0.4, -0.2) is 71.6 Å². The maximum atomic E-state index is 11.5. The van der Waals surface area contributed by atoms with E-state index in [1.807, 2.05) is 0 Å². The Labute approximate surface area is 372 Å². The van der Waals surface area contributed by atoms with Crippen LogP contribution in [0.1, 0.15) is 109 Å². The molecule has 0 spiro atoms. The van der Waals surface area contributed by atoms with E-state index in [1.54, 1.807) is 0 Å². The molecule has 6 aliphatic heterocycles. The monoisotopic (exact) mass is 902 g/mol. The lowest BCUT2D eigenvalue weighted by molar-refractivity contribution is -0.155. The molecule has 0 bridgehead atoms. The van der Waals surface area contributed by atoms with Gasteiger partial charge >= 0.3 is 71.6 Å². The van der Waals surface area contributed by atoms with E-state index in [1.165, 1.54) is 0 Å². The zero-order chi connectivity index (χ0) is 40.6. The molecule has 12 fully saturated rings. The first kappa shape index (κ1) is 51.5. The lowest BCUT2D eigenvalue weighted by Crippen LogP contribution is -2.45. The van der Waals surface area contributed by atoms with Gasteiger partial charge in [0.25, 0.3) is 0 Å². The van der Waals surface area contributed by atoms with Crippen LogP contribution in [0.4, 0.5) is 0 Å². The molecule has 6 saturated heterocycles. The minimum atomic E-state index is -0.424. The summed E-state index contributed by atoms with van der Waals surface area (Å²) in [6, 6.07) is 0. The average molecular weight is 903 g/mol. The fraction of sp³-hybridized carbons (Fsp3) is 0.739. The highest BCUT2D eigenvalue weighted by atomic mass is 16.6. The number of carbonyl (C=O) groups excluding carboxylic acids is 12. The Morgan fingerprint density at radius 1 is 0.250 bits per heavy atom. The van der Waals surface area contributed by atoms with E-state index in [9.17, 15) is 57.5 Å². The van der Waals surface area contributed by atoms with Crippen molar-refractivity contribution in [3.8, 4) is 0 Å². The highest BCUT2D eigenvalue weighted by Gasteiger charge is 2.64. The third-order valence-electron chi connectivity index (χ3n) is 15.8. The Kier molecular flexibility index (Phi) is 14.8. The van der Waals surface area contributed by atoms with Gasteiger partial charge in [-0.1, -0.05) is 44.6 Å². The van der Waals surface area contributed by atoms with Crippen LogP contribution in [0.5, 0.6) is 0 Å². The lowest BCUT2D eigenvalue weighted by Gasteiger charge is -2.42. The van der Waals surface area contributed by atoms with Crippen LogP contribution in [-0.2, 0) is 86.0 Å². The van der Waals surface area contributed by atoms with Crippen LogP contribution in [0.3, 0.4) is 0 Å². The van der Waals surface area contributed by atoms with E-state index in [-0.39, 0.29) is 163 Å². The average Bonchev–Trinajstić information content (AvgIpc) is 3.73. The largest absolute Gasteiger partial charge is 0.393 e. The van der Waals surface area contributed by atoms with Gasteiger partial charge in [-0.2, -0.15) is 0 Å². The van der Waals surface area contributed by atoms with Crippen LogP contribution in [0.15, 0.2) is 0 Å². The van der Waals surface area contributed by atoms with Crippen molar-refractivity contribution >= 4 is 71.6 Å². The molecule has 0 aromatic heterocycles. The molecule has 12 rings (SSSR count). The Hall–Kier alpha value is -5.16. The number of ether oxygens (including phenoxy) is 6. The molecule has 354 valence electrons. The van der Waals surface area contributed by atoms with Crippen molar-refractivity contribution < 1.29 is 86.0 Å². The maximum absolute atomic E-state index is 11.5. The van der Waals surface area contributed by atoms with Gasteiger partial charge in [-0.05, 0) is 99.7 Å². The summed E-state index contributed by atoms with van der Waals surface area (Å²) >= 11 is 0. The van der Waals surface area contributed by atoms with E-state index >= 15 is 0 Å². The van der Waals surface area contributed by atoms with Gasteiger partial charge in [-0.3, -0.25) is 57.5 Å². The second-order valence-corrected chi connectivity index (χ2v) is 18.3. The van der Waals surface area contributed by atoms with Crippen molar-refractivity contribution in [2.75, 3.05) is 0 Å². The normalized spacial score (nSPS) is 42.0. The van der Waals surface area contributed by atoms with Crippen molar-refractivity contribution in [3.63, 3.8) is 0 Å². The van der Waals surface area contributed by atoms with E-state index in [4.69, 9.17) is 0 Å². The van der Waals surface area contributed by atoms with Crippen LogP contribution in [0.25, 0.3) is 0 Å². The third-order valence-corrected chi connectivity index (χ3v) is 15.8. The van der Waals surface area contributed by atoms with Gasteiger partial charge in [0.2, 0.25) is 0 Å². The second kappa shape index (κ2) is 18.4. The number of hydrogen-bond donors (Lipinski definition) is 0. The Morgan fingerprint density at radius 3 is 0.578 bits per heavy atom. The summed E-state index contributed by atoms with van der Waals surface area (Å²) in [6.45, 7) is 0. The molecule has 18 nitrogen and oxygen atoms in total. The molecule has 0 amide bonds. The van der Waals surface area contributed by atoms with E-state index in [0.717, 1.165) is 12.8 Å². The van der Waals surface area contributed by atoms with Crippen LogP contribution in [0.2, 0.25) is 0 Å². The van der Waals surface area contributed by atoms with Crippen LogP contribution < -0.4 is 0 Å². The number of esters is 12. The predicted molar refractivity (Wildman–Crippen MR) is 216 cm³/mol. The van der Waals surface area contributed by atoms with E-state index in [2.05, 4.69) is 28.4 Å². The summed E-state index contributed by atoms with van der Waals surface area (Å²) in [7, 11) is 0. The highest BCUT2D eigenvalue weighted by molar-refractivity contribution is 6.01. The van der Waals surface area contributed by atoms with E-state index in [0.29, 0.717) is 51.4 Å². The molecule has 6 aliphatic carbocycles. The Morgan fingerprint density at radius 2 is 0.406 bits per heavy atom. The smallest absolute Gasteiger partial charge is 0.317 e. The van der Waals surface area contributed by atoms with Crippen molar-refractivity contribution in [2.24, 2.45) is 107 Å². The fourth-order valence-electron chi connectivity index (χ4n) is 12.3. The topological polar surface area (TPSA) is 260 Å². The summed E-state index contributed by atoms with van der Waals surface area (Å²) < 4.78 is 27.7.